The third kappa shape index (κ3) is 7.34. The Hall–Kier alpha value is -0.0400. The van der Waals surface area contributed by atoms with E-state index in [1.165, 1.54) is 70.6 Å². The molecule has 0 spiro atoms. The van der Waals surface area contributed by atoms with Crippen molar-refractivity contribution in [3.05, 3.63) is 0 Å². The number of unbranched alkanes of at least 4 members (excludes halogenated alkanes) is 1. The van der Waals surface area contributed by atoms with Crippen molar-refractivity contribution in [3.63, 3.8) is 0 Å². The lowest BCUT2D eigenvalue weighted by atomic mass is 9.88. The Balaban J connectivity index is 2.27. The maximum absolute atomic E-state index is 3.75. The van der Waals surface area contributed by atoms with E-state index >= 15 is 0 Å². The molecule has 0 bridgehead atoms. The quantitative estimate of drug-likeness (QED) is 0.518. The highest BCUT2D eigenvalue weighted by atomic mass is 14.9. The molecule has 0 amide bonds. The second kappa shape index (κ2) is 10.7. The van der Waals surface area contributed by atoms with E-state index in [2.05, 4.69) is 26.1 Å². The van der Waals surface area contributed by atoms with Gasteiger partial charge in [-0.05, 0) is 37.6 Å². The van der Waals surface area contributed by atoms with Crippen molar-refractivity contribution in [2.45, 2.75) is 97.4 Å². The maximum Gasteiger partial charge on any atom is 0.00696 e. The van der Waals surface area contributed by atoms with Crippen molar-refractivity contribution in [2.24, 2.45) is 11.8 Å². The third-order valence-electron chi connectivity index (χ3n) is 5.05. The second-order valence-electron chi connectivity index (χ2n) is 6.63. The van der Waals surface area contributed by atoms with Crippen molar-refractivity contribution in [2.75, 3.05) is 6.54 Å². The lowest BCUT2D eigenvalue weighted by Crippen LogP contribution is -2.31. The van der Waals surface area contributed by atoms with Crippen LogP contribution in [-0.4, -0.2) is 12.6 Å². The summed E-state index contributed by atoms with van der Waals surface area (Å²) in [4.78, 5) is 0. The smallest absolute Gasteiger partial charge is 0.00696 e. The Kier molecular flexibility index (Phi) is 9.59. The maximum atomic E-state index is 3.75. The van der Waals surface area contributed by atoms with Gasteiger partial charge in [-0.15, -0.1) is 0 Å². The van der Waals surface area contributed by atoms with Gasteiger partial charge in [-0.2, -0.15) is 0 Å². The normalized spacial score (nSPS) is 19.7. The first-order valence-electron chi connectivity index (χ1n) is 9.03. The lowest BCUT2D eigenvalue weighted by molar-refractivity contribution is 0.320. The molecule has 1 N–H and O–H groups in total. The average molecular weight is 268 g/mol. The molecule has 19 heavy (non-hydrogen) atoms. The van der Waals surface area contributed by atoms with Crippen LogP contribution in [0, 0.1) is 11.8 Å². The highest BCUT2D eigenvalue weighted by molar-refractivity contribution is 4.75. The standard InChI is InChI=1S/C18H37N/c1-4-7-10-16(5-2)15-18(19-6-3)14-13-17-11-8-9-12-17/h16-19H,4-15H2,1-3H3. The zero-order valence-corrected chi connectivity index (χ0v) is 13.7. The minimum absolute atomic E-state index is 0.785. The van der Waals surface area contributed by atoms with Gasteiger partial charge in [-0.25, -0.2) is 0 Å². The zero-order chi connectivity index (χ0) is 13.9. The first-order valence-corrected chi connectivity index (χ1v) is 9.03. The molecule has 0 aromatic heterocycles. The van der Waals surface area contributed by atoms with E-state index in [1.54, 1.807) is 0 Å². The van der Waals surface area contributed by atoms with Crippen LogP contribution in [0.25, 0.3) is 0 Å². The van der Waals surface area contributed by atoms with Gasteiger partial charge in [0.2, 0.25) is 0 Å². The van der Waals surface area contributed by atoms with Crippen molar-refractivity contribution < 1.29 is 0 Å². The van der Waals surface area contributed by atoms with Crippen LogP contribution < -0.4 is 5.32 Å². The summed E-state index contributed by atoms with van der Waals surface area (Å²) >= 11 is 0. The molecule has 1 saturated carbocycles. The van der Waals surface area contributed by atoms with Gasteiger partial charge in [-0.1, -0.05) is 72.1 Å². The Bertz CT molecular complexity index is 196. The summed E-state index contributed by atoms with van der Waals surface area (Å²) in [7, 11) is 0. The molecule has 0 aromatic rings. The monoisotopic (exact) mass is 267 g/mol. The topological polar surface area (TPSA) is 12.0 Å². The van der Waals surface area contributed by atoms with E-state index in [-0.39, 0.29) is 0 Å². The second-order valence-corrected chi connectivity index (χ2v) is 6.63. The molecule has 1 rings (SSSR count). The van der Waals surface area contributed by atoms with E-state index in [4.69, 9.17) is 0 Å². The molecule has 2 unspecified atom stereocenters. The predicted molar refractivity (Wildman–Crippen MR) is 86.6 cm³/mol. The highest BCUT2D eigenvalue weighted by Gasteiger charge is 2.19. The number of hydrogen-bond donors (Lipinski definition) is 1. The van der Waals surface area contributed by atoms with Crippen LogP contribution in [0.2, 0.25) is 0 Å². The Morgan fingerprint density at radius 3 is 2.37 bits per heavy atom. The van der Waals surface area contributed by atoms with Crippen LogP contribution in [0.3, 0.4) is 0 Å². The number of hydrogen-bond acceptors (Lipinski definition) is 1. The molecule has 2 atom stereocenters. The van der Waals surface area contributed by atoms with Gasteiger partial charge in [0, 0.05) is 6.04 Å². The van der Waals surface area contributed by atoms with Crippen molar-refractivity contribution in [3.8, 4) is 0 Å². The average Bonchev–Trinajstić information content (AvgIpc) is 2.94. The van der Waals surface area contributed by atoms with E-state index < -0.39 is 0 Å². The first kappa shape index (κ1) is 17.0. The molecule has 0 saturated heterocycles. The largest absolute Gasteiger partial charge is 0.314 e. The molecule has 0 radical (unpaired) electrons. The van der Waals surface area contributed by atoms with Gasteiger partial charge in [0.1, 0.15) is 0 Å². The lowest BCUT2D eigenvalue weighted by Gasteiger charge is -2.24. The SMILES string of the molecule is CCCCC(CC)CC(CCC1CCCC1)NCC. The van der Waals surface area contributed by atoms with Gasteiger partial charge in [-0.3, -0.25) is 0 Å². The highest BCUT2D eigenvalue weighted by Crippen LogP contribution is 2.30. The van der Waals surface area contributed by atoms with Crippen LogP contribution in [-0.2, 0) is 0 Å². The summed E-state index contributed by atoms with van der Waals surface area (Å²) in [5, 5.41) is 3.75. The molecule has 1 aliphatic carbocycles. The summed E-state index contributed by atoms with van der Waals surface area (Å²) in [5.74, 6) is 2.00. The van der Waals surface area contributed by atoms with E-state index in [1.807, 2.05) is 0 Å². The van der Waals surface area contributed by atoms with Gasteiger partial charge < -0.3 is 5.32 Å². The third-order valence-corrected chi connectivity index (χ3v) is 5.05. The minimum atomic E-state index is 0.785. The van der Waals surface area contributed by atoms with Crippen molar-refractivity contribution in [1.29, 1.82) is 0 Å². The summed E-state index contributed by atoms with van der Waals surface area (Å²) in [6, 6.07) is 0.785. The first-order chi connectivity index (χ1) is 9.30. The van der Waals surface area contributed by atoms with E-state index in [0.29, 0.717) is 0 Å². The Morgan fingerprint density at radius 2 is 1.79 bits per heavy atom. The fourth-order valence-electron chi connectivity index (χ4n) is 3.71. The van der Waals surface area contributed by atoms with E-state index in [0.717, 1.165) is 24.4 Å². The van der Waals surface area contributed by atoms with Crippen LogP contribution in [0.1, 0.15) is 91.4 Å². The molecular formula is C18H37N. The molecule has 0 heterocycles. The molecular weight excluding hydrogens is 230 g/mol. The van der Waals surface area contributed by atoms with Gasteiger partial charge >= 0.3 is 0 Å². The number of rotatable bonds is 11. The van der Waals surface area contributed by atoms with Gasteiger partial charge in [0.25, 0.3) is 0 Å². The predicted octanol–water partition coefficient (Wildman–Crippen LogP) is 5.54. The van der Waals surface area contributed by atoms with Gasteiger partial charge in [0.15, 0.2) is 0 Å². The summed E-state index contributed by atoms with van der Waals surface area (Å²) in [6.07, 6.45) is 15.9. The summed E-state index contributed by atoms with van der Waals surface area (Å²) < 4.78 is 0. The van der Waals surface area contributed by atoms with Crippen LogP contribution >= 0.6 is 0 Å². The fraction of sp³-hybridized carbons (Fsp3) is 1.00. The van der Waals surface area contributed by atoms with Crippen molar-refractivity contribution >= 4 is 0 Å². The van der Waals surface area contributed by atoms with Crippen LogP contribution in [0.4, 0.5) is 0 Å². The molecule has 1 aliphatic rings. The molecule has 1 nitrogen and oxygen atoms in total. The Labute approximate surface area is 121 Å². The summed E-state index contributed by atoms with van der Waals surface area (Å²) in [6.45, 7) is 8.09. The molecule has 0 aliphatic heterocycles. The molecule has 1 fully saturated rings. The fourth-order valence-corrected chi connectivity index (χ4v) is 3.71. The molecule has 114 valence electrons. The van der Waals surface area contributed by atoms with E-state index in [9.17, 15) is 0 Å². The van der Waals surface area contributed by atoms with Crippen LogP contribution in [0.15, 0.2) is 0 Å². The van der Waals surface area contributed by atoms with Gasteiger partial charge in [0.05, 0.1) is 0 Å². The van der Waals surface area contributed by atoms with Crippen molar-refractivity contribution in [1.82, 2.24) is 5.32 Å². The van der Waals surface area contributed by atoms with Crippen LogP contribution in [0.5, 0.6) is 0 Å². The minimum Gasteiger partial charge on any atom is -0.314 e. The number of nitrogens with one attached hydrogen (secondary N) is 1. The molecule has 1 heteroatoms. The molecule has 0 aromatic carbocycles. The zero-order valence-electron chi connectivity index (χ0n) is 13.7. The summed E-state index contributed by atoms with van der Waals surface area (Å²) in [5.41, 5.74) is 0. The Morgan fingerprint density at radius 1 is 1.05 bits per heavy atom.